The number of hydrogen-bond acceptors (Lipinski definition) is 5. The van der Waals surface area contributed by atoms with Gasteiger partial charge in [0.15, 0.2) is 0 Å². The first-order valence-electron chi connectivity index (χ1n) is 9.34. The predicted octanol–water partition coefficient (Wildman–Crippen LogP) is 5.44. The van der Waals surface area contributed by atoms with Crippen molar-refractivity contribution in [2.45, 2.75) is 26.5 Å². The third-order valence-electron chi connectivity index (χ3n) is 4.25. The number of amides is 1. The maximum absolute atomic E-state index is 12.9. The highest BCUT2D eigenvalue weighted by molar-refractivity contribution is 7.09. The number of rotatable bonds is 9. The van der Waals surface area contributed by atoms with Crippen LogP contribution in [0.5, 0.6) is 11.5 Å². The number of carbonyl (C=O) groups is 1. The summed E-state index contributed by atoms with van der Waals surface area (Å²) in [6.45, 7) is 3.57. The van der Waals surface area contributed by atoms with Gasteiger partial charge in [0.2, 0.25) is 0 Å². The highest BCUT2D eigenvalue weighted by atomic mass is 35.5. The summed E-state index contributed by atoms with van der Waals surface area (Å²) in [5, 5.41) is 3.51. The minimum Gasteiger partial charge on any atom is -0.497 e. The van der Waals surface area contributed by atoms with Crippen molar-refractivity contribution in [1.29, 1.82) is 0 Å². The van der Waals surface area contributed by atoms with E-state index in [1.54, 1.807) is 43.5 Å². The monoisotopic (exact) mass is 430 g/mol. The summed E-state index contributed by atoms with van der Waals surface area (Å²) in [7, 11) is 1.61. The number of ether oxygens (including phenoxy) is 2. The molecule has 7 heteroatoms. The molecule has 1 aromatic heterocycles. The second-order valence-corrected chi connectivity index (χ2v) is 7.81. The summed E-state index contributed by atoms with van der Waals surface area (Å²) in [5.41, 5.74) is 1.50. The number of halogens is 1. The van der Waals surface area contributed by atoms with Crippen LogP contribution in [0, 0.1) is 0 Å². The summed E-state index contributed by atoms with van der Waals surface area (Å²) in [5.74, 6) is 1.46. The Morgan fingerprint density at radius 2 is 1.79 bits per heavy atom. The van der Waals surface area contributed by atoms with Crippen molar-refractivity contribution in [2.24, 2.45) is 0 Å². The van der Waals surface area contributed by atoms with E-state index >= 15 is 0 Å². The zero-order valence-electron chi connectivity index (χ0n) is 16.4. The molecule has 0 aliphatic rings. The molecule has 0 N–H and O–H groups in total. The maximum Gasteiger partial charge on any atom is 0.254 e. The van der Waals surface area contributed by atoms with Crippen molar-refractivity contribution in [1.82, 2.24) is 9.88 Å². The zero-order valence-corrected chi connectivity index (χ0v) is 18.0. The third-order valence-corrected chi connectivity index (χ3v) is 5.37. The summed E-state index contributed by atoms with van der Waals surface area (Å²) < 4.78 is 10.9. The number of methoxy groups -OCH3 is 1. The van der Waals surface area contributed by atoms with Crippen LogP contribution < -0.4 is 9.47 Å². The van der Waals surface area contributed by atoms with Gasteiger partial charge in [0.1, 0.15) is 23.1 Å². The van der Waals surface area contributed by atoms with Crippen LogP contribution in [0.1, 0.15) is 34.4 Å². The van der Waals surface area contributed by atoms with Crippen LogP contribution in [0.3, 0.4) is 0 Å². The fourth-order valence-corrected chi connectivity index (χ4v) is 3.62. The number of thiazole rings is 1. The Bertz CT molecular complexity index is 926. The Morgan fingerprint density at radius 3 is 2.45 bits per heavy atom. The van der Waals surface area contributed by atoms with Crippen molar-refractivity contribution in [2.75, 3.05) is 13.7 Å². The molecule has 0 aliphatic heterocycles. The van der Waals surface area contributed by atoms with E-state index in [4.69, 9.17) is 21.1 Å². The lowest BCUT2D eigenvalue weighted by Gasteiger charge is -2.21. The molecule has 0 unspecified atom stereocenters. The first-order chi connectivity index (χ1) is 14.1. The minimum atomic E-state index is -0.0125. The number of hydrogen-bond donors (Lipinski definition) is 0. The van der Waals surface area contributed by atoms with E-state index in [-0.39, 0.29) is 5.91 Å². The highest BCUT2D eigenvalue weighted by Crippen LogP contribution is 2.20. The van der Waals surface area contributed by atoms with Crippen LogP contribution in [0.4, 0.5) is 0 Å². The summed E-state index contributed by atoms with van der Waals surface area (Å²) in [4.78, 5) is 19.4. The molecule has 0 radical (unpaired) electrons. The molecular formula is C22H23ClN2O3S. The molecular weight excluding hydrogens is 408 g/mol. The number of nitrogens with zero attached hydrogens (tertiary/aromatic N) is 2. The first-order valence-corrected chi connectivity index (χ1v) is 10.6. The van der Waals surface area contributed by atoms with Crippen molar-refractivity contribution >= 4 is 28.8 Å². The van der Waals surface area contributed by atoms with Gasteiger partial charge in [0, 0.05) is 22.5 Å². The van der Waals surface area contributed by atoms with E-state index in [1.807, 2.05) is 22.4 Å². The molecule has 29 heavy (non-hydrogen) atoms. The molecule has 3 aromatic rings. The molecule has 0 atom stereocenters. The molecule has 0 aliphatic carbocycles. The van der Waals surface area contributed by atoms with E-state index in [0.29, 0.717) is 30.3 Å². The van der Waals surface area contributed by atoms with Crippen molar-refractivity contribution in [3.05, 3.63) is 75.2 Å². The summed E-state index contributed by atoms with van der Waals surface area (Å²) in [6, 6.07) is 14.4. The molecule has 0 saturated carbocycles. The van der Waals surface area contributed by atoms with E-state index < -0.39 is 0 Å². The van der Waals surface area contributed by atoms with Gasteiger partial charge in [-0.15, -0.1) is 11.3 Å². The van der Waals surface area contributed by atoms with Gasteiger partial charge in [-0.25, -0.2) is 4.98 Å². The Morgan fingerprint density at radius 1 is 1.10 bits per heavy atom. The third kappa shape index (κ3) is 5.95. The molecule has 3 rings (SSSR count). The van der Waals surface area contributed by atoms with Gasteiger partial charge in [-0.3, -0.25) is 4.79 Å². The molecule has 152 valence electrons. The number of benzene rings is 2. The lowest BCUT2D eigenvalue weighted by atomic mass is 10.2. The highest BCUT2D eigenvalue weighted by Gasteiger charge is 2.17. The van der Waals surface area contributed by atoms with Crippen LogP contribution >= 0.6 is 22.9 Å². The fourth-order valence-electron chi connectivity index (χ4n) is 2.80. The van der Waals surface area contributed by atoms with E-state index in [1.165, 1.54) is 11.3 Å². The molecule has 1 amide bonds. The molecule has 0 fully saturated rings. The van der Waals surface area contributed by atoms with Crippen LogP contribution in [0.25, 0.3) is 0 Å². The zero-order chi connectivity index (χ0) is 20.6. The fraction of sp³-hybridized carbons (Fsp3) is 0.273. The van der Waals surface area contributed by atoms with Gasteiger partial charge < -0.3 is 14.4 Å². The van der Waals surface area contributed by atoms with Gasteiger partial charge in [-0.1, -0.05) is 18.5 Å². The lowest BCUT2D eigenvalue weighted by molar-refractivity contribution is 0.0741. The SMILES string of the molecule is CCCN(Cc1csc(COc2ccc(Cl)cc2)n1)C(=O)c1ccc(OC)cc1. The molecule has 0 spiro atoms. The van der Waals surface area contributed by atoms with Crippen molar-refractivity contribution < 1.29 is 14.3 Å². The van der Waals surface area contributed by atoms with E-state index in [9.17, 15) is 4.79 Å². The van der Waals surface area contributed by atoms with Crippen LogP contribution in [0.15, 0.2) is 53.9 Å². The van der Waals surface area contributed by atoms with Crippen LogP contribution in [-0.2, 0) is 13.2 Å². The molecule has 5 nitrogen and oxygen atoms in total. The average Bonchev–Trinajstić information content (AvgIpc) is 3.20. The number of aromatic nitrogens is 1. The largest absolute Gasteiger partial charge is 0.497 e. The van der Waals surface area contributed by atoms with Gasteiger partial charge in [0.25, 0.3) is 5.91 Å². The number of carbonyl (C=O) groups excluding carboxylic acids is 1. The van der Waals surface area contributed by atoms with Crippen LogP contribution in [0.2, 0.25) is 5.02 Å². The Kier molecular flexibility index (Phi) is 7.49. The summed E-state index contributed by atoms with van der Waals surface area (Å²) in [6.07, 6.45) is 0.874. The topological polar surface area (TPSA) is 51.7 Å². The minimum absolute atomic E-state index is 0.0125. The second kappa shape index (κ2) is 10.3. The molecule has 1 heterocycles. The smallest absolute Gasteiger partial charge is 0.254 e. The van der Waals surface area contributed by atoms with Gasteiger partial charge >= 0.3 is 0 Å². The second-order valence-electron chi connectivity index (χ2n) is 6.43. The lowest BCUT2D eigenvalue weighted by Crippen LogP contribution is -2.31. The van der Waals surface area contributed by atoms with Crippen molar-refractivity contribution in [3.63, 3.8) is 0 Å². The normalized spacial score (nSPS) is 10.6. The molecule has 0 saturated heterocycles. The average molecular weight is 431 g/mol. The quantitative estimate of drug-likeness (QED) is 0.453. The molecule has 2 aromatic carbocycles. The Hall–Kier alpha value is -2.57. The van der Waals surface area contributed by atoms with Gasteiger partial charge in [0.05, 0.1) is 19.3 Å². The standard InChI is InChI=1S/C22H23ClN2O3S/c1-3-12-25(22(26)16-4-8-19(27-2)9-5-16)13-18-15-29-21(24-18)14-28-20-10-6-17(23)7-11-20/h4-11,15H,3,12-14H2,1-2H3. The van der Waals surface area contributed by atoms with Crippen molar-refractivity contribution in [3.8, 4) is 11.5 Å². The first kappa shape index (κ1) is 21.1. The van der Waals surface area contributed by atoms with Crippen LogP contribution in [-0.4, -0.2) is 29.4 Å². The van der Waals surface area contributed by atoms with E-state index in [2.05, 4.69) is 11.9 Å². The predicted molar refractivity (Wildman–Crippen MR) is 116 cm³/mol. The maximum atomic E-state index is 12.9. The van der Waals surface area contributed by atoms with E-state index in [0.717, 1.165) is 28.6 Å². The Labute approximate surface area is 179 Å². The Balaban J connectivity index is 1.62. The molecule has 0 bridgehead atoms. The van der Waals surface area contributed by atoms with Gasteiger partial charge in [-0.2, -0.15) is 0 Å². The van der Waals surface area contributed by atoms with Gasteiger partial charge in [-0.05, 0) is 55.0 Å². The summed E-state index contributed by atoms with van der Waals surface area (Å²) >= 11 is 7.41.